The van der Waals surface area contributed by atoms with E-state index in [0.29, 0.717) is 5.92 Å². The van der Waals surface area contributed by atoms with Crippen LogP contribution in [0.5, 0.6) is 0 Å². The third-order valence-electron chi connectivity index (χ3n) is 4.42. The average molecular weight is 260 g/mol. The molecular weight excluding hydrogens is 232 g/mol. The molecule has 2 heteroatoms. The predicted octanol–water partition coefficient (Wildman–Crippen LogP) is 3.25. The second kappa shape index (κ2) is 7.66. The molecule has 1 heterocycles. The van der Waals surface area contributed by atoms with Gasteiger partial charge in [-0.05, 0) is 50.9 Å². The van der Waals surface area contributed by atoms with Gasteiger partial charge in [-0.2, -0.15) is 0 Å². The highest BCUT2D eigenvalue weighted by atomic mass is 15.2. The zero-order chi connectivity index (χ0) is 13.5. The Kier molecular flexibility index (Phi) is 5.87. The summed E-state index contributed by atoms with van der Waals surface area (Å²) in [5.41, 5.74) is 1.46. The number of rotatable bonds is 6. The number of nitrogens with one attached hydrogen (secondary N) is 1. The van der Waals surface area contributed by atoms with E-state index in [9.17, 15) is 0 Å². The Morgan fingerprint density at radius 2 is 2.05 bits per heavy atom. The highest BCUT2D eigenvalue weighted by Gasteiger charge is 2.17. The maximum Gasteiger partial charge on any atom is 0.0217 e. The molecule has 0 radical (unpaired) electrons. The van der Waals surface area contributed by atoms with Gasteiger partial charge in [-0.15, -0.1) is 0 Å². The zero-order valence-electron chi connectivity index (χ0n) is 12.4. The number of hydrogen-bond donors (Lipinski definition) is 1. The van der Waals surface area contributed by atoms with Crippen molar-refractivity contribution in [3.05, 3.63) is 35.9 Å². The summed E-state index contributed by atoms with van der Waals surface area (Å²) in [6, 6.07) is 11.6. The van der Waals surface area contributed by atoms with Gasteiger partial charge < -0.3 is 10.2 Å². The molecule has 1 aromatic rings. The van der Waals surface area contributed by atoms with Crippen molar-refractivity contribution in [1.82, 2.24) is 10.2 Å². The number of likely N-dealkylation sites (tertiary alicyclic amines) is 1. The van der Waals surface area contributed by atoms with Crippen LogP contribution in [0.3, 0.4) is 0 Å². The minimum absolute atomic E-state index is 0.651. The molecule has 1 aromatic carbocycles. The van der Waals surface area contributed by atoms with Crippen LogP contribution in [0.2, 0.25) is 0 Å². The molecule has 1 aliphatic rings. The largest absolute Gasteiger partial charge is 0.315 e. The normalized spacial score (nSPS) is 22.3. The molecule has 0 spiro atoms. The first-order valence-electron chi connectivity index (χ1n) is 7.73. The summed E-state index contributed by atoms with van der Waals surface area (Å²) in [5, 5.41) is 3.64. The molecule has 2 atom stereocenters. The van der Waals surface area contributed by atoms with E-state index in [1.54, 1.807) is 0 Å². The van der Waals surface area contributed by atoms with Gasteiger partial charge in [-0.3, -0.25) is 0 Å². The van der Waals surface area contributed by atoms with Crippen molar-refractivity contribution >= 4 is 0 Å². The van der Waals surface area contributed by atoms with E-state index in [-0.39, 0.29) is 0 Å². The summed E-state index contributed by atoms with van der Waals surface area (Å²) in [4.78, 5) is 2.51. The Bertz CT molecular complexity index is 350. The molecule has 0 aliphatic carbocycles. The number of nitrogens with zero attached hydrogens (tertiary/aromatic N) is 1. The van der Waals surface area contributed by atoms with Gasteiger partial charge in [0.15, 0.2) is 0 Å². The summed E-state index contributed by atoms with van der Waals surface area (Å²) in [6.45, 7) is 5.87. The molecule has 0 amide bonds. The van der Waals surface area contributed by atoms with Crippen LogP contribution in [0.25, 0.3) is 0 Å². The van der Waals surface area contributed by atoms with Crippen LogP contribution in [0.4, 0.5) is 0 Å². The third-order valence-corrected chi connectivity index (χ3v) is 4.42. The van der Waals surface area contributed by atoms with Crippen molar-refractivity contribution in [2.24, 2.45) is 0 Å². The van der Waals surface area contributed by atoms with Crippen molar-refractivity contribution in [2.45, 2.75) is 44.6 Å². The van der Waals surface area contributed by atoms with Gasteiger partial charge in [-0.25, -0.2) is 0 Å². The van der Waals surface area contributed by atoms with Crippen LogP contribution in [-0.4, -0.2) is 37.6 Å². The Morgan fingerprint density at radius 3 is 2.79 bits per heavy atom. The van der Waals surface area contributed by atoms with Crippen molar-refractivity contribution < 1.29 is 0 Å². The number of likely N-dealkylation sites (N-methyl/N-ethyl adjacent to an activating group) is 1. The molecule has 1 fully saturated rings. The SMILES string of the molecule is CC(CCNCC1CCCCN1C)c1ccccc1. The Morgan fingerprint density at radius 1 is 1.26 bits per heavy atom. The monoisotopic (exact) mass is 260 g/mol. The summed E-state index contributed by atoms with van der Waals surface area (Å²) < 4.78 is 0. The van der Waals surface area contributed by atoms with Gasteiger partial charge in [0.1, 0.15) is 0 Å². The Balaban J connectivity index is 1.64. The quantitative estimate of drug-likeness (QED) is 0.790. The van der Waals surface area contributed by atoms with E-state index in [4.69, 9.17) is 0 Å². The van der Waals surface area contributed by atoms with Crippen molar-refractivity contribution in [2.75, 3.05) is 26.7 Å². The topological polar surface area (TPSA) is 15.3 Å². The third kappa shape index (κ3) is 4.63. The van der Waals surface area contributed by atoms with E-state index < -0.39 is 0 Å². The lowest BCUT2D eigenvalue weighted by molar-refractivity contribution is 0.181. The summed E-state index contributed by atoms with van der Waals surface area (Å²) in [6.07, 6.45) is 5.35. The molecule has 2 nitrogen and oxygen atoms in total. The average Bonchev–Trinajstić information content (AvgIpc) is 2.46. The van der Waals surface area contributed by atoms with Crippen molar-refractivity contribution in [3.8, 4) is 0 Å². The second-order valence-corrected chi connectivity index (χ2v) is 5.93. The lowest BCUT2D eigenvalue weighted by atomic mass is 9.98. The van der Waals surface area contributed by atoms with Crippen LogP contribution >= 0.6 is 0 Å². The van der Waals surface area contributed by atoms with Crippen LogP contribution in [0.15, 0.2) is 30.3 Å². The summed E-state index contributed by atoms with van der Waals surface area (Å²) >= 11 is 0. The number of hydrogen-bond acceptors (Lipinski definition) is 2. The highest BCUT2D eigenvalue weighted by molar-refractivity contribution is 5.18. The fraction of sp³-hybridized carbons (Fsp3) is 0.647. The van der Waals surface area contributed by atoms with Gasteiger partial charge in [0.2, 0.25) is 0 Å². The lowest BCUT2D eigenvalue weighted by Gasteiger charge is -2.32. The first kappa shape index (κ1) is 14.5. The number of benzene rings is 1. The van der Waals surface area contributed by atoms with Gasteiger partial charge >= 0.3 is 0 Å². The minimum Gasteiger partial charge on any atom is -0.315 e. The van der Waals surface area contributed by atoms with Gasteiger partial charge in [-0.1, -0.05) is 43.7 Å². The molecule has 0 aromatic heterocycles. The van der Waals surface area contributed by atoms with E-state index in [0.717, 1.165) is 19.1 Å². The van der Waals surface area contributed by atoms with Crippen LogP contribution in [-0.2, 0) is 0 Å². The van der Waals surface area contributed by atoms with E-state index >= 15 is 0 Å². The summed E-state index contributed by atoms with van der Waals surface area (Å²) in [5.74, 6) is 0.651. The molecule has 2 rings (SSSR count). The van der Waals surface area contributed by atoms with Crippen LogP contribution in [0.1, 0.15) is 44.1 Å². The maximum atomic E-state index is 3.64. The molecule has 19 heavy (non-hydrogen) atoms. The summed E-state index contributed by atoms with van der Waals surface area (Å²) in [7, 11) is 2.26. The molecular formula is C17H28N2. The van der Waals surface area contributed by atoms with E-state index in [1.807, 2.05) is 0 Å². The molecule has 106 valence electrons. The Labute approximate surface area is 118 Å². The fourth-order valence-electron chi connectivity index (χ4n) is 2.94. The van der Waals surface area contributed by atoms with Crippen LogP contribution < -0.4 is 5.32 Å². The molecule has 0 saturated carbocycles. The first-order chi connectivity index (χ1) is 9.27. The molecule has 1 saturated heterocycles. The van der Waals surface area contributed by atoms with Crippen molar-refractivity contribution in [1.29, 1.82) is 0 Å². The lowest BCUT2D eigenvalue weighted by Crippen LogP contribution is -2.43. The van der Waals surface area contributed by atoms with E-state index in [1.165, 1.54) is 37.8 Å². The minimum atomic E-state index is 0.651. The van der Waals surface area contributed by atoms with Gasteiger partial charge in [0.05, 0.1) is 0 Å². The zero-order valence-corrected chi connectivity index (χ0v) is 12.4. The molecule has 1 aliphatic heterocycles. The highest BCUT2D eigenvalue weighted by Crippen LogP contribution is 2.18. The molecule has 1 N–H and O–H groups in total. The standard InChI is InChI=1S/C17H28N2/c1-15(16-8-4-3-5-9-16)11-12-18-14-17-10-6-7-13-19(17)2/h3-5,8-9,15,17-18H,6-7,10-14H2,1-2H3. The van der Waals surface area contributed by atoms with Crippen molar-refractivity contribution in [3.63, 3.8) is 0 Å². The number of piperidine rings is 1. The van der Waals surface area contributed by atoms with Crippen LogP contribution in [0, 0.1) is 0 Å². The first-order valence-corrected chi connectivity index (χ1v) is 7.73. The second-order valence-electron chi connectivity index (χ2n) is 5.93. The molecule has 0 bridgehead atoms. The predicted molar refractivity (Wildman–Crippen MR) is 82.6 cm³/mol. The Hall–Kier alpha value is -0.860. The fourth-order valence-corrected chi connectivity index (χ4v) is 2.94. The van der Waals surface area contributed by atoms with E-state index in [2.05, 4.69) is 54.5 Å². The smallest absolute Gasteiger partial charge is 0.0217 e. The van der Waals surface area contributed by atoms with Gasteiger partial charge in [0.25, 0.3) is 0 Å². The maximum absolute atomic E-state index is 3.64. The van der Waals surface area contributed by atoms with Gasteiger partial charge in [0, 0.05) is 12.6 Å². The molecule has 2 unspecified atom stereocenters.